The van der Waals surface area contributed by atoms with E-state index in [0.29, 0.717) is 22.8 Å². The molecule has 0 saturated carbocycles. The molecule has 2 amide bonds. The minimum absolute atomic E-state index is 0.0386. The van der Waals surface area contributed by atoms with Gasteiger partial charge in [0.25, 0.3) is 0 Å². The summed E-state index contributed by atoms with van der Waals surface area (Å²) in [7, 11) is 0. The molecule has 1 rings (SSSR count). The number of hydrogen-bond donors (Lipinski definition) is 3. The van der Waals surface area contributed by atoms with E-state index in [4.69, 9.17) is 11.6 Å². The Kier molecular flexibility index (Phi) is 7.02. The van der Waals surface area contributed by atoms with Crippen LogP contribution in [0.2, 0.25) is 5.02 Å². The molecule has 0 atom stereocenters. The number of hydrogen-bond acceptors (Lipinski definition) is 3. The Morgan fingerprint density at radius 1 is 1.24 bits per heavy atom. The lowest BCUT2D eigenvalue weighted by atomic mass is 10.2. The molecule has 6 heteroatoms. The summed E-state index contributed by atoms with van der Waals surface area (Å²) in [6.07, 6.45) is 1.27. The molecule has 0 radical (unpaired) electrons. The van der Waals surface area contributed by atoms with Gasteiger partial charge in [0, 0.05) is 18.2 Å². The highest BCUT2D eigenvalue weighted by molar-refractivity contribution is 6.33. The van der Waals surface area contributed by atoms with Crippen molar-refractivity contribution in [2.24, 2.45) is 0 Å². The lowest BCUT2D eigenvalue weighted by Gasteiger charge is -2.12. The molecule has 3 N–H and O–H groups in total. The van der Waals surface area contributed by atoms with Crippen LogP contribution in [0.15, 0.2) is 18.2 Å². The van der Waals surface area contributed by atoms with Crippen LogP contribution in [0.25, 0.3) is 0 Å². The van der Waals surface area contributed by atoms with Gasteiger partial charge in [0.15, 0.2) is 0 Å². The van der Waals surface area contributed by atoms with Crippen LogP contribution in [0.5, 0.6) is 0 Å². The molecule has 0 unspecified atom stereocenters. The zero-order chi connectivity index (χ0) is 15.8. The molecule has 0 saturated heterocycles. The van der Waals surface area contributed by atoms with Gasteiger partial charge in [-0.3, -0.25) is 9.59 Å². The molecule has 1 aromatic rings. The van der Waals surface area contributed by atoms with Gasteiger partial charge in [0.1, 0.15) is 0 Å². The lowest BCUT2D eigenvalue weighted by molar-refractivity contribution is -0.120. The Labute approximate surface area is 130 Å². The van der Waals surface area contributed by atoms with Crippen molar-refractivity contribution >= 4 is 34.8 Å². The quantitative estimate of drug-likeness (QED) is 0.725. The molecular formula is C15H22ClN3O2. The predicted molar refractivity (Wildman–Crippen MR) is 86.8 cm³/mol. The van der Waals surface area contributed by atoms with Crippen molar-refractivity contribution in [2.45, 2.75) is 39.7 Å². The van der Waals surface area contributed by atoms with E-state index in [0.717, 1.165) is 6.42 Å². The number of anilines is 2. The van der Waals surface area contributed by atoms with Crippen molar-refractivity contribution in [3.05, 3.63) is 23.2 Å². The summed E-state index contributed by atoms with van der Waals surface area (Å²) in [4.78, 5) is 23.2. The maximum Gasteiger partial charge on any atom is 0.239 e. The fraction of sp³-hybridized carbons (Fsp3) is 0.467. The van der Waals surface area contributed by atoms with Crippen molar-refractivity contribution in [3.8, 4) is 0 Å². The van der Waals surface area contributed by atoms with Crippen molar-refractivity contribution in [1.29, 1.82) is 0 Å². The van der Waals surface area contributed by atoms with Gasteiger partial charge < -0.3 is 16.0 Å². The number of amides is 2. The third-order valence-corrected chi connectivity index (χ3v) is 2.95. The monoisotopic (exact) mass is 311 g/mol. The fourth-order valence-corrected chi connectivity index (χ4v) is 1.92. The number of benzene rings is 1. The second-order valence-electron chi connectivity index (χ2n) is 5.07. The van der Waals surface area contributed by atoms with E-state index in [2.05, 4.69) is 16.0 Å². The zero-order valence-electron chi connectivity index (χ0n) is 12.6. The minimum atomic E-state index is -0.110. The molecule has 0 aliphatic heterocycles. The number of nitrogens with one attached hydrogen (secondary N) is 3. The predicted octanol–water partition coefficient (Wildman–Crippen LogP) is 3.02. The van der Waals surface area contributed by atoms with Gasteiger partial charge in [0.2, 0.25) is 11.8 Å². The average Bonchev–Trinajstić information content (AvgIpc) is 2.39. The Balaban J connectivity index is 2.65. The van der Waals surface area contributed by atoms with Gasteiger partial charge in [-0.15, -0.1) is 0 Å². The summed E-state index contributed by atoms with van der Waals surface area (Å²) >= 11 is 6.08. The van der Waals surface area contributed by atoms with Crippen molar-refractivity contribution < 1.29 is 9.59 Å². The summed E-state index contributed by atoms with van der Waals surface area (Å²) in [5, 5.41) is 9.04. The summed E-state index contributed by atoms with van der Waals surface area (Å²) in [5.41, 5.74) is 1.27. The van der Waals surface area contributed by atoms with E-state index in [-0.39, 0.29) is 24.4 Å². The minimum Gasteiger partial charge on any atom is -0.375 e. The van der Waals surface area contributed by atoms with Crippen LogP contribution in [0, 0.1) is 0 Å². The normalized spacial score (nSPS) is 10.3. The van der Waals surface area contributed by atoms with Crippen LogP contribution in [-0.2, 0) is 9.59 Å². The molecule has 0 aliphatic rings. The standard InChI is InChI=1S/C15H22ClN3O2/c1-4-5-14(20)19-11-6-7-12(16)13(8-11)17-9-15(21)18-10(2)3/h6-8,10,17H,4-5,9H2,1-3H3,(H,18,21)(H,19,20). The lowest BCUT2D eigenvalue weighted by Crippen LogP contribution is -2.34. The van der Waals surface area contributed by atoms with E-state index in [1.165, 1.54) is 0 Å². The van der Waals surface area contributed by atoms with Crippen LogP contribution in [0.3, 0.4) is 0 Å². The molecule has 0 spiro atoms. The molecule has 21 heavy (non-hydrogen) atoms. The average molecular weight is 312 g/mol. The van der Waals surface area contributed by atoms with Gasteiger partial charge in [-0.05, 0) is 38.5 Å². The molecule has 116 valence electrons. The Bertz CT molecular complexity index is 504. The van der Waals surface area contributed by atoms with Crippen molar-refractivity contribution in [2.75, 3.05) is 17.2 Å². The highest BCUT2D eigenvalue weighted by Gasteiger charge is 2.07. The molecule has 5 nitrogen and oxygen atoms in total. The smallest absolute Gasteiger partial charge is 0.239 e. The summed E-state index contributed by atoms with van der Waals surface area (Å²) in [6, 6.07) is 5.23. The fourth-order valence-electron chi connectivity index (χ4n) is 1.74. The van der Waals surface area contributed by atoms with Gasteiger partial charge in [0.05, 0.1) is 17.3 Å². The number of carbonyl (C=O) groups is 2. The third-order valence-electron chi connectivity index (χ3n) is 2.62. The number of carbonyl (C=O) groups excluding carboxylic acids is 2. The molecular weight excluding hydrogens is 290 g/mol. The first-order valence-electron chi connectivity index (χ1n) is 7.05. The van der Waals surface area contributed by atoms with E-state index >= 15 is 0 Å². The van der Waals surface area contributed by atoms with Crippen molar-refractivity contribution in [1.82, 2.24) is 5.32 Å². The second-order valence-corrected chi connectivity index (χ2v) is 5.48. The van der Waals surface area contributed by atoms with Crippen LogP contribution in [-0.4, -0.2) is 24.4 Å². The first kappa shape index (κ1) is 17.3. The highest BCUT2D eigenvalue weighted by Crippen LogP contribution is 2.25. The maximum absolute atomic E-state index is 11.6. The SMILES string of the molecule is CCCC(=O)Nc1ccc(Cl)c(NCC(=O)NC(C)C)c1. The van der Waals surface area contributed by atoms with Crippen LogP contribution in [0.1, 0.15) is 33.6 Å². The first-order valence-corrected chi connectivity index (χ1v) is 7.42. The van der Waals surface area contributed by atoms with Crippen LogP contribution in [0.4, 0.5) is 11.4 Å². The van der Waals surface area contributed by atoms with Crippen molar-refractivity contribution in [3.63, 3.8) is 0 Å². The second kappa shape index (κ2) is 8.52. The summed E-state index contributed by atoms with van der Waals surface area (Å²) in [6.45, 7) is 5.87. The van der Waals surface area contributed by atoms with Gasteiger partial charge in [-0.2, -0.15) is 0 Å². The van der Waals surface area contributed by atoms with Crippen LogP contribution < -0.4 is 16.0 Å². The maximum atomic E-state index is 11.6. The Morgan fingerprint density at radius 3 is 2.57 bits per heavy atom. The number of rotatable bonds is 7. The third kappa shape index (κ3) is 6.49. The molecule has 0 aromatic heterocycles. The van der Waals surface area contributed by atoms with Gasteiger partial charge >= 0.3 is 0 Å². The number of halogens is 1. The van der Waals surface area contributed by atoms with Gasteiger partial charge in [-0.25, -0.2) is 0 Å². The highest BCUT2D eigenvalue weighted by atomic mass is 35.5. The largest absolute Gasteiger partial charge is 0.375 e. The molecule has 0 heterocycles. The van der Waals surface area contributed by atoms with Gasteiger partial charge in [-0.1, -0.05) is 18.5 Å². The summed E-state index contributed by atoms with van der Waals surface area (Å²) in [5.74, 6) is -0.148. The summed E-state index contributed by atoms with van der Waals surface area (Å²) < 4.78 is 0. The Morgan fingerprint density at radius 2 is 1.95 bits per heavy atom. The Hall–Kier alpha value is -1.75. The molecule has 0 fully saturated rings. The molecule has 0 bridgehead atoms. The van der Waals surface area contributed by atoms with E-state index < -0.39 is 0 Å². The zero-order valence-corrected chi connectivity index (χ0v) is 13.4. The molecule has 0 aliphatic carbocycles. The van der Waals surface area contributed by atoms with E-state index in [1.807, 2.05) is 20.8 Å². The van der Waals surface area contributed by atoms with E-state index in [9.17, 15) is 9.59 Å². The van der Waals surface area contributed by atoms with Crippen LogP contribution >= 0.6 is 11.6 Å². The first-order chi connectivity index (χ1) is 9.92. The molecule has 1 aromatic carbocycles. The van der Waals surface area contributed by atoms with E-state index in [1.54, 1.807) is 18.2 Å². The topological polar surface area (TPSA) is 70.2 Å².